The molecule has 1 N–H and O–H groups in total. The predicted octanol–water partition coefficient (Wildman–Crippen LogP) is 2.59. The van der Waals surface area contributed by atoms with Gasteiger partial charge in [0.2, 0.25) is 0 Å². The number of nitrogens with one attached hydrogen (secondary N) is 1. The van der Waals surface area contributed by atoms with E-state index in [1.165, 1.54) is 50.3 Å². The van der Waals surface area contributed by atoms with Gasteiger partial charge in [-0.15, -0.1) is 5.10 Å². The lowest BCUT2D eigenvalue weighted by atomic mass is 9.92. The monoisotopic (exact) mass is 254 g/mol. The molecule has 0 spiro atoms. The third-order valence-electron chi connectivity index (χ3n) is 3.56. The molecule has 2 heterocycles. The van der Waals surface area contributed by atoms with Gasteiger partial charge in [-0.2, -0.15) is 0 Å². The molecule has 4 nitrogen and oxygen atoms in total. The molecule has 1 aromatic heterocycles. The number of aromatic nitrogens is 2. The average Bonchev–Trinajstić information content (AvgIpc) is 2.79. The topological polar surface area (TPSA) is 41.1 Å². The highest BCUT2D eigenvalue weighted by molar-refractivity contribution is 7.10. The smallest absolute Gasteiger partial charge is 0.134 e. The molecule has 0 radical (unpaired) electrons. The third kappa shape index (κ3) is 3.39. The Morgan fingerprint density at radius 2 is 2.18 bits per heavy atom. The van der Waals surface area contributed by atoms with Crippen molar-refractivity contribution >= 4 is 16.5 Å². The highest BCUT2D eigenvalue weighted by Gasteiger charge is 2.20. The normalized spacial score (nSPS) is 18.5. The molecule has 1 aliphatic rings. The first-order valence-electron chi connectivity index (χ1n) is 6.54. The first kappa shape index (κ1) is 12.8. The van der Waals surface area contributed by atoms with E-state index in [1.54, 1.807) is 0 Å². The zero-order valence-electron chi connectivity index (χ0n) is 10.8. The van der Waals surface area contributed by atoms with Crippen LogP contribution in [0.2, 0.25) is 0 Å². The molecule has 5 heteroatoms. The van der Waals surface area contributed by atoms with Crippen LogP contribution in [0.5, 0.6) is 0 Å². The van der Waals surface area contributed by atoms with Crippen LogP contribution in [0, 0.1) is 5.92 Å². The van der Waals surface area contributed by atoms with Crippen molar-refractivity contribution < 1.29 is 0 Å². The van der Waals surface area contributed by atoms with Gasteiger partial charge in [0, 0.05) is 25.1 Å². The van der Waals surface area contributed by atoms with Crippen LogP contribution in [0.15, 0.2) is 0 Å². The summed E-state index contributed by atoms with van der Waals surface area (Å²) in [5.41, 5.74) is 1.10. The van der Waals surface area contributed by atoms with Gasteiger partial charge in [-0.25, -0.2) is 0 Å². The van der Waals surface area contributed by atoms with Gasteiger partial charge in [0.25, 0.3) is 0 Å². The summed E-state index contributed by atoms with van der Waals surface area (Å²) in [6.45, 7) is 5.66. The molecule has 0 saturated carbocycles. The summed E-state index contributed by atoms with van der Waals surface area (Å²) in [7, 11) is 1.94. The summed E-state index contributed by atoms with van der Waals surface area (Å²) in [5, 5.41) is 8.47. The van der Waals surface area contributed by atoms with Gasteiger partial charge in [0.15, 0.2) is 0 Å². The van der Waals surface area contributed by atoms with Crippen LogP contribution in [0.4, 0.5) is 5.00 Å². The van der Waals surface area contributed by atoms with E-state index >= 15 is 0 Å². The van der Waals surface area contributed by atoms with Crippen LogP contribution < -0.4 is 5.32 Å². The van der Waals surface area contributed by atoms with Crippen molar-refractivity contribution in [2.45, 2.75) is 39.2 Å². The molecule has 17 heavy (non-hydrogen) atoms. The van der Waals surface area contributed by atoms with E-state index in [-0.39, 0.29) is 0 Å². The maximum atomic E-state index is 4.20. The number of rotatable bonds is 5. The Bertz CT molecular complexity index is 331. The minimum atomic E-state index is 0.950. The summed E-state index contributed by atoms with van der Waals surface area (Å²) >= 11 is 1.45. The van der Waals surface area contributed by atoms with Crippen molar-refractivity contribution in [3.8, 4) is 0 Å². The standard InChI is InChI=1S/C12H22N4S/c1-3-4-10-5-7-16(8-6-10)9-11-12(13-2)17-15-14-11/h10,13H,3-9H2,1-2H3. The Kier molecular flexibility index (Phi) is 4.74. The number of hydrogen-bond acceptors (Lipinski definition) is 5. The van der Waals surface area contributed by atoms with Crippen LogP contribution in [-0.2, 0) is 6.54 Å². The van der Waals surface area contributed by atoms with Crippen LogP contribution in [-0.4, -0.2) is 34.6 Å². The molecule has 1 aliphatic heterocycles. The van der Waals surface area contributed by atoms with Gasteiger partial charge in [-0.05, 0) is 31.8 Å². The van der Waals surface area contributed by atoms with Gasteiger partial charge < -0.3 is 5.32 Å². The zero-order chi connectivity index (χ0) is 12.1. The molecule has 0 aliphatic carbocycles. The molecule has 0 unspecified atom stereocenters. The summed E-state index contributed by atoms with van der Waals surface area (Å²) in [6, 6.07) is 0. The van der Waals surface area contributed by atoms with E-state index in [9.17, 15) is 0 Å². The molecule has 0 amide bonds. The van der Waals surface area contributed by atoms with Crippen molar-refractivity contribution in [2.24, 2.45) is 5.92 Å². The lowest BCUT2D eigenvalue weighted by molar-refractivity contribution is 0.170. The number of piperidine rings is 1. The molecule has 0 bridgehead atoms. The van der Waals surface area contributed by atoms with Gasteiger partial charge in [-0.3, -0.25) is 4.90 Å². The van der Waals surface area contributed by atoms with Crippen LogP contribution in [0.1, 0.15) is 38.3 Å². The molecular formula is C12H22N4S. The van der Waals surface area contributed by atoms with E-state index < -0.39 is 0 Å². The molecule has 96 valence electrons. The van der Waals surface area contributed by atoms with Crippen molar-refractivity contribution in [1.82, 2.24) is 14.5 Å². The fourth-order valence-electron chi connectivity index (χ4n) is 2.56. The first-order valence-corrected chi connectivity index (χ1v) is 7.32. The molecule has 1 aromatic rings. The Morgan fingerprint density at radius 3 is 2.82 bits per heavy atom. The second-order valence-corrected chi connectivity index (χ2v) is 5.56. The zero-order valence-corrected chi connectivity index (χ0v) is 11.6. The SMILES string of the molecule is CCCC1CCN(Cc2nnsc2NC)CC1. The minimum Gasteiger partial charge on any atom is -0.377 e. The van der Waals surface area contributed by atoms with Gasteiger partial charge in [0.05, 0.1) is 0 Å². The summed E-state index contributed by atoms with van der Waals surface area (Å²) in [4.78, 5) is 2.50. The average molecular weight is 254 g/mol. The van der Waals surface area contributed by atoms with E-state index in [0.29, 0.717) is 0 Å². The highest BCUT2D eigenvalue weighted by atomic mass is 32.1. The second kappa shape index (κ2) is 6.31. The number of likely N-dealkylation sites (tertiary alicyclic amines) is 1. The van der Waals surface area contributed by atoms with Crippen molar-refractivity contribution in [3.63, 3.8) is 0 Å². The number of hydrogen-bond donors (Lipinski definition) is 1. The van der Waals surface area contributed by atoms with Crippen LogP contribution >= 0.6 is 11.5 Å². The second-order valence-electron chi connectivity index (χ2n) is 4.81. The molecule has 0 aromatic carbocycles. The molecule has 1 saturated heterocycles. The van der Waals surface area contributed by atoms with E-state index in [2.05, 4.69) is 26.7 Å². The highest BCUT2D eigenvalue weighted by Crippen LogP contribution is 2.24. The summed E-state index contributed by atoms with van der Waals surface area (Å²) < 4.78 is 4.01. The third-order valence-corrected chi connectivity index (χ3v) is 4.35. The Labute approximate surface area is 108 Å². The first-order chi connectivity index (χ1) is 8.33. The quantitative estimate of drug-likeness (QED) is 0.877. The van der Waals surface area contributed by atoms with Crippen LogP contribution in [0.25, 0.3) is 0 Å². The van der Waals surface area contributed by atoms with Crippen LogP contribution in [0.3, 0.4) is 0 Å². The summed E-state index contributed by atoms with van der Waals surface area (Å²) in [6.07, 6.45) is 5.42. The molecular weight excluding hydrogens is 232 g/mol. The largest absolute Gasteiger partial charge is 0.377 e. The lowest BCUT2D eigenvalue weighted by Gasteiger charge is -2.31. The maximum absolute atomic E-state index is 4.20. The minimum absolute atomic E-state index is 0.950. The Morgan fingerprint density at radius 1 is 1.41 bits per heavy atom. The number of nitrogens with zero attached hydrogens (tertiary/aromatic N) is 3. The van der Waals surface area contributed by atoms with Gasteiger partial charge in [-0.1, -0.05) is 24.3 Å². The van der Waals surface area contributed by atoms with Crippen molar-refractivity contribution in [1.29, 1.82) is 0 Å². The fourth-order valence-corrected chi connectivity index (χ4v) is 3.08. The predicted molar refractivity (Wildman–Crippen MR) is 72.4 cm³/mol. The van der Waals surface area contributed by atoms with Gasteiger partial charge in [0.1, 0.15) is 10.7 Å². The molecule has 0 atom stereocenters. The maximum Gasteiger partial charge on any atom is 0.134 e. The fraction of sp³-hybridized carbons (Fsp3) is 0.833. The van der Waals surface area contributed by atoms with Gasteiger partial charge >= 0.3 is 0 Å². The molecule has 2 rings (SSSR count). The Hall–Kier alpha value is -0.680. The van der Waals surface area contributed by atoms with Crippen molar-refractivity contribution in [2.75, 3.05) is 25.5 Å². The number of anilines is 1. The van der Waals surface area contributed by atoms with E-state index in [0.717, 1.165) is 23.2 Å². The Balaban J connectivity index is 1.82. The van der Waals surface area contributed by atoms with E-state index in [4.69, 9.17) is 0 Å². The lowest BCUT2D eigenvalue weighted by Crippen LogP contribution is -2.33. The van der Waals surface area contributed by atoms with E-state index in [1.807, 2.05) is 7.05 Å². The molecule has 1 fully saturated rings. The summed E-state index contributed by atoms with van der Waals surface area (Å²) in [5.74, 6) is 0.952. The van der Waals surface area contributed by atoms with Crippen molar-refractivity contribution in [3.05, 3.63) is 5.69 Å².